The molecule has 0 fully saturated rings. The highest BCUT2D eigenvalue weighted by Gasteiger charge is 2.29. The molecule has 0 aliphatic heterocycles. The summed E-state index contributed by atoms with van der Waals surface area (Å²) in [5, 5.41) is 10.6. The molecular weight excluding hydrogens is 262 g/mol. The Morgan fingerprint density at radius 3 is 2.65 bits per heavy atom. The van der Waals surface area contributed by atoms with Gasteiger partial charge in [-0.25, -0.2) is 8.42 Å². The summed E-state index contributed by atoms with van der Waals surface area (Å²) in [6, 6.07) is 1.97. The fourth-order valence-electron chi connectivity index (χ4n) is 1.29. The van der Waals surface area contributed by atoms with E-state index in [0.29, 0.717) is 6.42 Å². The van der Waals surface area contributed by atoms with E-state index in [1.54, 1.807) is 18.4 Å². The van der Waals surface area contributed by atoms with Crippen molar-refractivity contribution in [3.05, 3.63) is 17.5 Å². The number of nitrogens with one attached hydrogen (secondary N) is 1. The second-order valence-electron chi connectivity index (χ2n) is 3.75. The van der Waals surface area contributed by atoms with Gasteiger partial charge in [-0.3, -0.25) is 4.79 Å². The van der Waals surface area contributed by atoms with Gasteiger partial charge in [0, 0.05) is 0 Å². The molecule has 0 aromatic carbocycles. The Kier molecular flexibility index (Phi) is 4.67. The number of sulfonamides is 1. The van der Waals surface area contributed by atoms with E-state index in [2.05, 4.69) is 4.72 Å². The molecule has 0 amide bonds. The van der Waals surface area contributed by atoms with Crippen LogP contribution in [0.3, 0.4) is 0 Å². The maximum Gasteiger partial charge on any atom is 0.322 e. The van der Waals surface area contributed by atoms with Crippen LogP contribution in [0.25, 0.3) is 0 Å². The predicted octanol–water partition coefficient (Wildman–Crippen LogP) is 1.53. The molecule has 0 aliphatic rings. The van der Waals surface area contributed by atoms with Crippen LogP contribution in [-0.4, -0.2) is 25.5 Å². The monoisotopic (exact) mass is 277 g/mol. The smallest absolute Gasteiger partial charge is 0.322 e. The van der Waals surface area contributed by atoms with Crippen LogP contribution in [-0.2, 0) is 14.8 Å². The van der Waals surface area contributed by atoms with Gasteiger partial charge in [-0.05, 0) is 17.4 Å². The molecule has 5 nitrogen and oxygen atoms in total. The zero-order chi connectivity index (χ0) is 13.1. The van der Waals surface area contributed by atoms with Crippen LogP contribution in [0.5, 0.6) is 0 Å². The van der Waals surface area contributed by atoms with E-state index >= 15 is 0 Å². The van der Waals surface area contributed by atoms with Crippen molar-refractivity contribution in [2.75, 3.05) is 0 Å². The van der Waals surface area contributed by atoms with Crippen LogP contribution in [0, 0.1) is 5.92 Å². The third kappa shape index (κ3) is 3.52. The molecule has 1 unspecified atom stereocenters. The molecule has 2 atom stereocenters. The summed E-state index contributed by atoms with van der Waals surface area (Å²) in [5.41, 5.74) is 0. The molecule has 0 spiro atoms. The molecule has 0 bridgehead atoms. The van der Waals surface area contributed by atoms with Gasteiger partial charge in [0.1, 0.15) is 10.3 Å². The van der Waals surface area contributed by atoms with Crippen molar-refractivity contribution in [3.8, 4) is 0 Å². The van der Waals surface area contributed by atoms with Gasteiger partial charge in [-0.1, -0.05) is 26.3 Å². The van der Waals surface area contributed by atoms with Gasteiger partial charge in [0.25, 0.3) is 10.0 Å². The number of carboxylic acid groups (broad SMARTS) is 1. The van der Waals surface area contributed by atoms with Crippen molar-refractivity contribution in [2.45, 2.75) is 30.5 Å². The van der Waals surface area contributed by atoms with Gasteiger partial charge in [0.15, 0.2) is 0 Å². The number of carboxylic acids is 1. The van der Waals surface area contributed by atoms with Crippen molar-refractivity contribution in [1.29, 1.82) is 0 Å². The fraction of sp³-hybridized carbons (Fsp3) is 0.500. The van der Waals surface area contributed by atoms with Gasteiger partial charge >= 0.3 is 5.97 Å². The lowest BCUT2D eigenvalue weighted by Crippen LogP contribution is -2.44. The molecular formula is C10H15NO4S2. The molecule has 2 N–H and O–H groups in total. The average Bonchev–Trinajstić information content (AvgIpc) is 2.78. The minimum atomic E-state index is -3.73. The van der Waals surface area contributed by atoms with Crippen molar-refractivity contribution in [3.63, 3.8) is 0 Å². The minimum Gasteiger partial charge on any atom is -0.480 e. The minimum absolute atomic E-state index is 0.132. The normalized spacial score (nSPS) is 15.4. The van der Waals surface area contributed by atoms with E-state index in [1.807, 2.05) is 6.92 Å². The Hall–Kier alpha value is -0.920. The maximum atomic E-state index is 11.9. The molecule has 0 radical (unpaired) electrons. The lowest BCUT2D eigenvalue weighted by Gasteiger charge is -2.19. The zero-order valence-corrected chi connectivity index (χ0v) is 11.2. The highest BCUT2D eigenvalue weighted by molar-refractivity contribution is 7.91. The number of rotatable bonds is 6. The van der Waals surface area contributed by atoms with Crippen molar-refractivity contribution < 1.29 is 18.3 Å². The van der Waals surface area contributed by atoms with Gasteiger partial charge in [0.2, 0.25) is 0 Å². The van der Waals surface area contributed by atoms with E-state index in [4.69, 9.17) is 5.11 Å². The van der Waals surface area contributed by atoms with Crippen LogP contribution in [0.1, 0.15) is 20.3 Å². The van der Waals surface area contributed by atoms with E-state index < -0.39 is 22.0 Å². The number of carbonyl (C=O) groups is 1. The van der Waals surface area contributed by atoms with Crippen LogP contribution >= 0.6 is 11.3 Å². The number of thiophene rings is 1. The Labute approximate surface area is 105 Å². The van der Waals surface area contributed by atoms with E-state index in [1.165, 1.54) is 6.07 Å². The summed E-state index contributed by atoms with van der Waals surface area (Å²) >= 11 is 1.06. The van der Waals surface area contributed by atoms with Gasteiger partial charge in [0.05, 0.1) is 0 Å². The van der Waals surface area contributed by atoms with Gasteiger partial charge in [-0.2, -0.15) is 4.72 Å². The fourth-order valence-corrected chi connectivity index (χ4v) is 3.59. The molecule has 1 aromatic heterocycles. The quantitative estimate of drug-likeness (QED) is 0.826. The number of hydrogen-bond acceptors (Lipinski definition) is 4. The molecule has 17 heavy (non-hydrogen) atoms. The summed E-state index contributed by atoms with van der Waals surface area (Å²) in [5.74, 6) is -1.42. The third-order valence-electron chi connectivity index (χ3n) is 2.52. The number of aliphatic carboxylic acids is 1. The molecule has 0 aliphatic carbocycles. The highest BCUT2D eigenvalue weighted by Crippen LogP contribution is 2.18. The van der Waals surface area contributed by atoms with Crippen molar-refractivity contribution >= 4 is 27.3 Å². The highest BCUT2D eigenvalue weighted by atomic mass is 32.2. The standard InChI is InChI=1S/C10H15NO4S2/c1-3-7(2)9(10(12)13)11-17(14,15)8-5-4-6-16-8/h4-7,9,11H,3H2,1-2H3,(H,12,13)/t7?,9-/m0/s1. The summed E-state index contributed by atoms with van der Waals surface area (Å²) < 4.78 is 26.1. The molecule has 1 heterocycles. The van der Waals surface area contributed by atoms with E-state index in [9.17, 15) is 13.2 Å². The van der Waals surface area contributed by atoms with Gasteiger partial charge in [-0.15, -0.1) is 11.3 Å². The largest absolute Gasteiger partial charge is 0.480 e. The van der Waals surface area contributed by atoms with Gasteiger partial charge < -0.3 is 5.11 Å². The molecule has 1 aromatic rings. The van der Waals surface area contributed by atoms with E-state index in [-0.39, 0.29) is 10.1 Å². The SMILES string of the molecule is CCC(C)[C@H](NS(=O)(=O)c1cccs1)C(=O)O. The molecule has 96 valence electrons. The Balaban J connectivity index is 2.92. The average molecular weight is 277 g/mol. The summed E-state index contributed by atoms with van der Waals surface area (Å²) in [6.07, 6.45) is 0.587. The first-order valence-electron chi connectivity index (χ1n) is 5.17. The Bertz CT molecular complexity index is 467. The first kappa shape index (κ1) is 14.1. The lowest BCUT2D eigenvalue weighted by atomic mass is 10.0. The predicted molar refractivity (Wildman–Crippen MR) is 65.5 cm³/mol. The topological polar surface area (TPSA) is 83.5 Å². The first-order chi connectivity index (χ1) is 7.88. The van der Waals surface area contributed by atoms with Crippen LogP contribution in [0.2, 0.25) is 0 Å². The molecule has 1 rings (SSSR count). The van der Waals surface area contributed by atoms with E-state index in [0.717, 1.165) is 11.3 Å². The lowest BCUT2D eigenvalue weighted by molar-refractivity contribution is -0.140. The number of hydrogen-bond donors (Lipinski definition) is 2. The van der Waals surface area contributed by atoms with Crippen molar-refractivity contribution in [2.24, 2.45) is 5.92 Å². The summed E-state index contributed by atoms with van der Waals surface area (Å²) in [7, 11) is -3.73. The summed E-state index contributed by atoms with van der Waals surface area (Å²) in [4.78, 5) is 11.0. The Morgan fingerprint density at radius 1 is 1.59 bits per heavy atom. The molecule has 7 heteroatoms. The maximum absolute atomic E-state index is 11.9. The molecule has 0 saturated heterocycles. The van der Waals surface area contributed by atoms with Crippen LogP contribution < -0.4 is 4.72 Å². The first-order valence-corrected chi connectivity index (χ1v) is 7.53. The summed E-state index contributed by atoms with van der Waals surface area (Å²) in [6.45, 7) is 3.52. The zero-order valence-electron chi connectivity index (χ0n) is 9.58. The van der Waals surface area contributed by atoms with Crippen LogP contribution in [0.15, 0.2) is 21.7 Å². The third-order valence-corrected chi connectivity index (χ3v) is 5.36. The Morgan fingerprint density at radius 2 is 2.24 bits per heavy atom. The van der Waals surface area contributed by atoms with Crippen molar-refractivity contribution in [1.82, 2.24) is 4.72 Å². The van der Waals surface area contributed by atoms with Crippen LogP contribution in [0.4, 0.5) is 0 Å². The molecule has 0 saturated carbocycles. The second kappa shape index (κ2) is 5.61. The second-order valence-corrected chi connectivity index (χ2v) is 6.64.